The van der Waals surface area contributed by atoms with Crippen LogP contribution in [0, 0.1) is 16.7 Å². The van der Waals surface area contributed by atoms with E-state index in [0.29, 0.717) is 5.25 Å². The van der Waals surface area contributed by atoms with Crippen LogP contribution in [0.1, 0.15) is 38.3 Å². The molecule has 1 fully saturated rings. The fourth-order valence-electron chi connectivity index (χ4n) is 1.97. The molecule has 90 valence electrons. The number of thioether (sulfide) groups is 1. The third kappa shape index (κ3) is 2.65. The van der Waals surface area contributed by atoms with E-state index in [9.17, 15) is 0 Å². The summed E-state index contributed by atoms with van der Waals surface area (Å²) in [7, 11) is 0. The Morgan fingerprint density at radius 2 is 1.88 bits per heavy atom. The van der Waals surface area contributed by atoms with Crippen LogP contribution in [-0.4, -0.2) is 5.25 Å². The van der Waals surface area contributed by atoms with Gasteiger partial charge in [0.1, 0.15) is 0 Å². The van der Waals surface area contributed by atoms with Crippen LogP contribution in [0.15, 0.2) is 29.2 Å². The molecular weight excluding hydrogens is 228 g/mol. The molecule has 2 N–H and O–H groups in total. The second kappa shape index (κ2) is 4.72. The Hall–Kier alpha value is -0.980. The van der Waals surface area contributed by atoms with E-state index in [-0.39, 0.29) is 11.5 Å². The van der Waals surface area contributed by atoms with Crippen molar-refractivity contribution < 1.29 is 0 Å². The summed E-state index contributed by atoms with van der Waals surface area (Å²) in [6.07, 6.45) is 1.88. The lowest BCUT2D eigenvalue weighted by atomic mass is 9.92. The molecule has 0 spiro atoms. The lowest BCUT2D eigenvalue weighted by Crippen LogP contribution is -2.21. The van der Waals surface area contributed by atoms with Gasteiger partial charge in [-0.25, -0.2) is 0 Å². The van der Waals surface area contributed by atoms with Gasteiger partial charge >= 0.3 is 0 Å². The first kappa shape index (κ1) is 12.5. The van der Waals surface area contributed by atoms with E-state index in [0.717, 1.165) is 18.4 Å². The van der Waals surface area contributed by atoms with Crippen LogP contribution in [0.2, 0.25) is 0 Å². The average Bonchev–Trinajstić information content (AvgIpc) is 3.09. The summed E-state index contributed by atoms with van der Waals surface area (Å²) in [5.41, 5.74) is 6.96. The van der Waals surface area contributed by atoms with Gasteiger partial charge in [-0.2, -0.15) is 5.26 Å². The molecule has 1 saturated carbocycles. The van der Waals surface area contributed by atoms with Gasteiger partial charge < -0.3 is 5.73 Å². The number of hydrogen-bond acceptors (Lipinski definition) is 3. The first-order chi connectivity index (χ1) is 8.07. The summed E-state index contributed by atoms with van der Waals surface area (Å²) in [6.45, 7) is 4.36. The number of hydrogen-bond donors (Lipinski definition) is 1. The van der Waals surface area contributed by atoms with Crippen molar-refractivity contribution in [3.8, 4) is 6.07 Å². The van der Waals surface area contributed by atoms with E-state index in [4.69, 9.17) is 11.0 Å². The highest BCUT2D eigenvalue weighted by Gasteiger charge is 2.49. The Morgan fingerprint density at radius 1 is 1.29 bits per heavy atom. The molecule has 2 rings (SSSR count). The minimum atomic E-state index is -0.285. The van der Waals surface area contributed by atoms with Gasteiger partial charge in [0.2, 0.25) is 0 Å². The zero-order valence-corrected chi connectivity index (χ0v) is 11.1. The van der Waals surface area contributed by atoms with Gasteiger partial charge in [-0.05, 0) is 30.5 Å². The predicted octanol–water partition coefficient (Wildman–Crippen LogP) is 3.49. The number of nitrogens with zero attached hydrogens (tertiary/aromatic N) is 1. The maximum absolute atomic E-state index is 9.13. The molecule has 1 unspecified atom stereocenters. The molecule has 0 radical (unpaired) electrons. The van der Waals surface area contributed by atoms with Crippen molar-refractivity contribution >= 4 is 11.8 Å². The maximum Gasteiger partial charge on any atom is 0.0767 e. The molecule has 1 aromatic rings. The SMILES string of the molecule is CC(C)Sc1ccc(C(N)C2(C#N)CC2)cc1. The van der Waals surface area contributed by atoms with E-state index in [1.54, 1.807) is 0 Å². The molecule has 0 aromatic heterocycles. The molecule has 0 heterocycles. The van der Waals surface area contributed by atoms with Gasteiger partial charge in [0.15, 0.2) is 0 Å². The third-order valence-electron chi connectivity index (χ3n) is 3.22. The van der Waals surface area contributed by atoms with Crippen LogP contribution in [0.25, 0.3) is 0 Å². The molecule has 0 amide bonds. The van der Waals surface area contributed by atoms with Gasteiger partial charge in [0.05, 0.1) is 11.5 Å². The first-order valence-electron chi connectivity index (χ1n) is 6.01. The van der Waals surface area contributed by atoms with E-state index >= 15 is 0 Å². The second-order valence-electron chi connectivity index (χ2n) is 4.98. The van der Waals surface area contributed by atoms with Crippen LogP contribution >= 0.6 is 11.8 Å². The van der Waals surface area contributed by atoms with Gasteiger partial charge in [-0.1, -0.05) is 26.0 Å². The molecule has 1 aromatic carbocycles. The summed E-state index contributed by atoms with van der Waals surface area (Å²) in [6, 6.07) is 10.6. The van der Waals surface area contributed by atoms with Crippen LogP contribution < -0.4 is 5.73 Å². The third-order valence-corrected chi connectivity index (χ3v) is 4.23. The predicted molar refractivity (Wildman–Crippen MR) is 71.6 cm³/mol. The van der Waals surface area contributed by atoms with Crippen molar-refractivity contribution in [1.82, 2.24) is 0 Å². The van der Waals surface area contributed by atoms with Crippen LogP contribution in [0.3, 0.4) is 0 Å². The summed E-state index contributed by atoms with van der Waals surface area (Å²) >= 11 is 1.84. The van der Waals surface area contributed by atoms with Gasteiger partial charge in [0, 0.05) is 16.2 Å². The van der Waals surface area contributed by atoms with Crippen molar-refractivity contribution in [1.29, 1.82) is 5.26 Å². The monoisotopic (exact) mass is 246 g/mol. The van der Waals surface area contributed by atoms with Crippen molar-refractivity contribution in [2.75, 3.05) is 0 Å². The molecule has 17 heavy (non-hydrogen) atoms. The quantitative estimate of drug-likeness (QED) is 0.827. The van der Waals surface area contributed by atoms with E-state index in [2.05, 4.69) is 44.2 Å². The standard InChI is InChI=1S/C14H18N2S/c1-10(2)17-12-5-3-11(4-6-12)13(16)14(9-15)7-8-14/h3-6,10,13H,7-8,16H2,1-2H3. The first-order valence-corrected chi connectivity index (χ1v) is 6.89. The molecule has 0 aliphatic heterocycles. The van der Waals surface area contributed by atoms with Crippen LogP contribution in [0.5, 0.6) is 0 Å². The highest BCUT2D eigenvalue weighted by molar-refractivity contribution is 7.99. The number of rotatable bonds is 4. The van der Waals surface area contributed by atoms with Crippen molar-refractivity contribution in [3.05, 3.63) is 29.8 Å². The fourth-order valence-corrected chi connectivity index (χ4v) is 2.81. The van der Waals surface area contributed by atoms with Gasteiger partial charge in [-0.15, -0.1) is 11.8 Å². The second-order valence-corrected chi connectivity index (χ2v) is 6.63. The number of benzene rings is 1. The summed E-state index contributed by atoms with van der Waals surface area (Å²) < 4.78 is 0. The minimum absolute atomic E-state index is 0.134. The van der Waals surface area contributed by atoms with Crippen molar-refractivity contribution in [2.24, 2.45) is 11.1 Å². The average molecular weight is 246 g/mol. The lowest BCUT2D eigenvalue weighted by molar-refractivity contribution is 0.519. The Balaban J connectivity index is 2.11. The molecule has 1 atom stereocenters. The largest absolute Gasteiger partial charge is 0.323 e. The summed E-state index contributed by atoms with van der Waals surface area (Å²) in [5.74, 6) is 0. The number of nitrogens with two attached hydrogens (primary N) is 1. The fraction of sp³-hybridized carbons (Fsp3) is 0.500. The molecule has 0 saturated heterocycles. The molecule has 0 bridgehead atoms. The molecular formula is C14H18N2S. The summed E-state index contributed by atoms with van der Waals surface area (Å²) in [4.78, 5) is 1.26. The zero-order valence-electron chi connectivity index (χ0n) is 10.3. The molecule has 2 nitrogen and oxygen atoms in total. The smallest absolute Gasteiger partial charge is 0.0767 e. The van der Waals surface area contributed by atoms with Gasteiger partial charge in [0.25, 0.3) is 0 Å². The number of nitriles is 1. The topological polar surface area (TPSA) is 49.8 Å². The van der Waals surface area contributed by atoms with Crippen molar-refractivity contribution in [3.63, 3.8) is 0 Å². The van der Waals surface area contributed by atoms with Gasteiger partial charge in [-0.3, -0.25) is 0 Å². The van der Waals surface area contributed by atoms with Crippen molar-refractivity contribution in [2.45, 2.75) is 42.9 Å². The van der Waals surface area contributed by atoms with E-state index in [1.807, 2.05) is 11.8 Å². The Labute approximate surface area is 107 Å². The van der Waals surface area contributed by atoms with Crippen LogP contribution in [-0.2, 0) is 0 Å². The highest BCUT2D eigenvalue weighted by Crippen LogP contribution is 2.53. The Morgan fingerprint density at radius 3 is 2.29 bits per heavy atom. The lowest BCUT2D eigenvalue weighted by Gasteiger charge is -2.17. The zero-order chi connectivity index (χ0) is 12.5. The van der Waals surface area contributed by atoms with Crippen LogP contribution in [0.4, 0.5) is 0 Å². The van der Waals surface area contributed by atoms with E-state index in [1.165, 1.54) is 4.90 Å². The molecule has 3 heteroatoms. The van der Waals surface area contributed by atoms with E-state index < -0.39 is 0 Å². The molecule has 1 aliphatic rings. The minimum Gasteiger partial charge on any atom is -0.323 e. The Kier molecular flexibility index (Phi) is 3.46. The molecule has 1 aliphatic carbocycles. The summed E-state index contributed by atoms with van der Waals surface area (Å²) in [5, 5.41) is 9.71. The highest BCUT2D eigenvalue weighted by atomic mass is 32.2. The normalized spacial score (nSPS) is 18.8. The Bertz CT molecular complexity index is 427. The maximum atomic E-state index is 9.13.